The number of allylic oxidation sites excluding steroid dienone is 3. The van der Waals surface area contributed by atoms with E-state index >= 15 is 0 Å². The fourth-order valence-corrected chi connectivity index (χ4v) is 2.91. The third-order valence-corrected chi connectivity index (χ3v) is 4.17. The van der Waals surface area contributed by atoms with Crippen molar-refractivity contribution in [3.05, 3.63) is 52.7 Å². The van der Waals surface area contributed by atoms with Gasteiger partial charge in [-0.1, -0.05) is 45.9 Å². The second-order valence-electron chi connectivity index (χ2n) is 7.01. The van der Waals surface area contributed by atoms with Gasteiger partial charge in [0.05, 0.1) is 5.70 Å². The molecule has 3 nitrogen and oxygen atoms in total. The summed E-state index contributed by atoms with van der Waals surface area (Å²) in [5, 5.41) is 3.47. The fourth-order valence-electron chi connectivity index (χ4n) is 2.91. The molecule has 0 spiro atoms. The first kappa shape index (κ1) is 17.5. The molecule has 0 bridgehead atoms. The summed E-state index contributed by atoms with van der Waals surface area (Å²) in [6.45, 7) is 10.8. The average Bonchev–Trinajstić information content (AvgIpc) is 2.62. The highest BCUT2D eigenvalue weighted by molar-refractivity contribution is 5.41. The van der Waals surface area contributed by atoms with E-state index in [2.05, 4.69) is 57.3 Å². The van der Waals surface area contributed by atoms with Crippen molar-refractivity contribution in [2.24, 2.45) is 17.6 Å². The molecule has 0 atom stereocenters. The predicted molar refractivity (Wildman–Crippen MR) is 96.9 cm³/mol. The minimum Gasteiger partial charge on any atom is -0.439 e. The quantitative estimate of drug-likeness (QED) is 0.842. The van der Waals surface area contributed by atoms with Gasteiger partial charge in [0.1, 0.15) is 5.75 Å². The maximum atomic E-state index is 6.22. The molecule has 3 heteroatoms. The highest BCUT2D eigenvalue weighted by atomic mass is 16.5. The van der Waals surface area contributed by atoms with E-state index in [9.17, 15) is 0 Å². The number of nitrogens with one attached hydrogen (secondary N) is 1. The Bertz CT molecular complexity index is 612. The average molecular weight is 314 g/mol. The molecule has 0 saturated carbocycles. The Kier molecular flexibility index (Phi) is 5.75. The number of hydrogen-bond acceptors (Lipinski definition) is 3. The lowest BCUT2D eigenvalue weighted by atomic mass is 9.99. The maximum absolute atomic E-state index is 6.22. The monoisotopic (exact) mass is 314 g/mol. The summed E-state index contributed by atoms with van der Waals surface area (Å²) in [6, 6.07) is 6.54. The number of ether oxygens (including phenoxy) is 1. The van der Waals surface area contributed by atoms with Crippen molar-refractivity contribution in [2.45, 2.75) is 53.9 Å². The lowest BCUT2D eigenvalue weighted by Gasteiger charge is -2.17. The topological polar surface area (TPSA) is 47.3 Å². The van der Waals surface area contributed by atoms with Gasteiger partial charge in [0.15, 0.2) is 0 Å². The Morgan fingerprint density at radius 3 is 2.61 bits per heavy atom. The molecule has 1 aromatic rings. The van der Waals surface area contributed by atoms with Gasteiger partial charge >= 0.3 is 0 Å². The van der Waals surface area contributed by atoms with Crippen molar-refractivity contribution in [2.75, 3.05) is 0 Å². The van der Waals surface area contributed by atoms with Crippen LogP contribution < -0.4 is 15.8 Å². The molecule has 0 amide bonds. The molecule has 126 valence electrons. The van der Waals surface area contributed by atoms with Crippen molar-refractivity contribution in [3.8, 4) is 5.75 Å². The van der Waals surface area contributed by atoms with Crippen LogP contribution in [0.5, 0.6) is 5.75 Å². The van der Waals surface area contributed by atoms with Gasteiger partial charge in [-0.3, -0.25) is 0 Å². The van der Waals surface area contributed by atoms with E-state index in [0.717, 1.165) is 30.7 Å². The van der Waals surface area contributed by atoms with Crippen molar-refractivity contribution in [3.63, 3.8) is 0 Å². The summed E-state index contributed by atoms with van der Waals surface area (Å²) in [5.41, 5.74) is 10.9. The van der Waals surface area contributed by atoms with Crippen LogP contribution in [-0.2, 0) is 12.8 Å². The van der Waals surface area contributed by atoms with E-state index in [-0.39, 0.29) is 0 Å². The summed E-state index contributed by atoms with van der Waals surface area (Å²) in [7, 11) is 0. The molecule has 23 heavy (non-hydrogen) atoms. The van der Waals surface area contributed by atoms with Crippen molar-refractivity contribution >= 4 is 0 Å². The molecule has 3 N–H and O–H groups in total. The Morgan fingerprint density at radius 1 is 1.26 bits per heavy atom. The third-order valence-electron chi connectivity index (χ3n) is 4.17. The summed E-state index contributed by atoms with van der Waals surface area (Å²) >= 11 is 0. The molecular weight excluding hydrogens is 284 g/mol. The maximum Gasteiger partial charge on any atom is 0.210 e. The van der Waals surface area contributed by atoms with Gasteiger partial charge in [-0.15, -0.1) is 0 Å². The standard InChI is InChI=1S/C20H30N2O/c1-6-17(14(4)5)22-18-10-9-16-8-7-15(11-13(2)3)12-19(16)23-20(18)21/h6-8,12-14,22H,9-11,21H2,1-5H3/b17-6-. The molecule has 1 aliphatic heterocycles. The molecule has 1 aliphatic rings. The largest absolute Gasteiger partial charge is 0.439 e. The molecule has 0 radical (unpaired) electrons. The zero-order valence-electron chi connectivity index (χ0n) is 15.1. The minimum atomic E-state index is 0.434. The number of aryl methyl sites for hydroxylation is 1. The highest BCUT2D eigenvalue weighted by Gasteiger charge is 2.17. The van der Waals surface area contributed by atoms with Crippen LogP contribution in [0.25, 0.3) is 0 Å². The first-order valence-corrected chi connectivity index (χ1v) is 8.62. The number of nitrogens with two attached hydrogens (primary N) is 1. The molecule has 0 fully saturated rings. The van der Waals surface area contributed by atoms with Gasteiger partial charge in [0, 0.05) is 5.70 Å². The Hall–Kier alpha value is -1.90. The van der Waals surface area contributed by atoms with Crippen LogP contribution in [0, 0.1) is 11.8 Å². The Labute approximate surface area is 140 Å². The minimum absolute atomic E-state index is 0.434. The van der Waals surface area contributed by atoms with Crippen LogP contribution >= 0.6 is 0 Å². The lowest BCUT2D eigenvalue weighted by Crippen LogP contribution is -2.22. The molecule has 0 saturated heterocycles. The molecule has 1 aromatic carbocycles. The Morgan fingerprint density at radius 2 is 2.00 bits per heavy atom. The van der Waals surface area contributed by atoms with Crippen LogP contribution in [0.2, 0.25) is 0 Å². The van der Waals surface area contributed by atoms with Crippen LogP contribution in [-0.4, -0.2) is 0 Å². The van der Waals surface area contributed by atoms with Gasteiger partial charge in [-0.25, -0.2) is 0 Å². The van der Waals surface area contributed by atoms with E-state index in [0.29, 0.717) is 17.7 Å². The summed E-state index contributed by atoms with van der Waals surface area (Å²) in [5.74, 6) is 2.46. The Balaban J connectivity index is 2.21. The van der Waals surface area contributed by atoms with Crippen LogP contribution in [0.15, 0.2) is 41.6 Å². The molecule has 0 unspecified atom stereocenters. The number of rotatable bonds is 5. The third kappa shape index (κ3) is 4.54. The normalized spacial score (nSPS) is 15.5. The van der Waals surface area contributed by atoms with E-state index in [4.69, 9.17) is 10.5 Å². The smallest absolute Gasteiger partial charge is 0.210 e. The van der Waals surface area contributed by atoms with E-state index < -0.39 is 0 Å². The van der Waals surface area contributed by atoms with Crippen LogP contribution in [0.4, 0.5) is 0 Å². The van der Waals surface area contributed by atoms with Gasteiger partial charge in [-0.05, 0) is 55.2 Å². The van der Waals surface area contributed by atoms with E-state index in [1.165, 1.54) is 16.8 Å². The SMILES string of the molecule is C/C=C(\NC1=C(N)Oc2cc(CC(C)C)ccc2CC1)C(C)C. The van der Waals surface area contributed by atoms with Crippen molar-refractivity contribution < 1.29 is 4.74 Å². The van der Waals surface area contributed by atoms with E-state index in [1.807, 2.05) is 6.92 Å². The van der Waals surface area contributed by atoms with Gasteiger partial charge in [-0.2, -0.15) is 0 Å². The number of benzene rings is 1. The second-order valence-corrected chi connectivity index (χ2v) is 7.01. The van der Waals surface area contributed by atoms with Gasteiger partial charge in [0.25, 0.3) is 0 Å². The fraction of sp³-hybridized carbons (Fsp3) is 0.500. The molecular formula is C20H30N2O. The van der Waals surface area contributed by atoms with Crippen LogP contribution in [0.3, 0.4) is 0 Å². The van der Waals surface area contributed by atoms with E-state index in [1.54, 1.807) is 0 Å². The zero-order chi connectivity index (χ0) is 17.0. The summed E-state index contributed by atoms with van der Waals surface area (Å²) < 4.78 is 5.98. The molecule has 0 aliphatic carbocycles. The molecule has 0 aromatic heterocycles. The van der Waals surface area contributed by atoms with Gasteiger partial charge in [0.2, 0.25) is 5.88 Å². The van der Waals surface area contributed by atoms with Crippen LogP contribution in [0.1, 0.15) is 52.2 Å². The highest BCUT2D eigenvalue weighted by Crippen LogP contribution is 2.29. The first-order chi connectivity index (χ1) is 10.9. The summed E-state index contributed by atoms with van der Waals surface area (Å²) in [6.07, 6.45) is 4.97. The lowest BCUT2D eigenvalue weighted by molar-refractivity contribution is 0.408. The van der Waals surface area contributed by atoms with Gasteiger partial charge < -0.3 is 15.8 Å². The van der Waals surface area contributed by atoms with Crippen molar-refractivity contribution in [1.82, 2.24) is 5.32 Å². The summed E-state index contributed by atoms with van der Waals surface area (Å²) in [4.78, 5) is 0. The molecule has 1 heterocycles. The predicted octanol–water partition coefficient (Wildman–Crippen LogP) is 4.49. The zero-order valence-corrected chi connectivity index (χ0v) is 15.1. The number of fused-ring (bicyclic) bond motifs is 1. The second kappa shape index (κ2) is 7.58. The van der Waals surface area contributed by atoms with Crippen molar-refractivity contribution in [1.29, 1.82) is 0 Å². The number of hydrogen-bond donors (Lipinski definition) is 2. The first-order valence-electron chi connectivity index (χ1n) is 8.62. The molecule has 2 rings (SSSR count).